The molecule has 2 heterocycles. The van der Waals surface area contributed by atoms with Crippen molar-refractivity contribution in [2.45, 2.75) is 33.7 Å². The molecule has 2 N–H and O–H groups in total. The van der Waals surface area contributed by atoms with Crippen molar-refractivity contribution in [3.05, 3.63) is 52.7 Å². The topological polar surface area (TPSA) is 52.5 Å². The SMILES string of the molecule is C=C(C)COc1ccc(-c2nc3sc(C)c(CC)n3c2CN)cc1. The number of hydrogen-bond acceptors (Lipinski definition) is 4. The number of thiazole rings is 1. The van der Waals surface area contributed by atoms with Gasteiger partial charge in [0.15, 0.2) is 4.96 Å². The smallest absolute Gasteiger partial charge is 0.194 e. The van der Waals surface area contributed by atoms with Gasteiger partial charge in [-0.3, -0.25) is 4.40 Å². The van der Waals surface area contributed by atoms with E-state index in [1.54, 1.807) is 11.3 Å². The fourth-order valence-electron chi connectivity index (χ4n) is 2.87. The van der Waals surface area contributed by atoms with Crippen LogP contribution in [-0.2, 0) is 13.0 Å². The lowest BCUT2D eigenvalue weighted by Crippen LogP contribution is -2.05. The average molecular weight is 341 g/mol. The second-order valence-corrected chi connectivity index (χ2v) is 7.14. The molecule has 0 unspecified atom stereocenters. The second kappa shape index (κ2) is 6.79. The molecule has 0 aliphatic heterocycles. The fraction of sp³-hybridized carbons (Fsp3) is 0.316. The van der Waals surface area contributed by atoms with Crippen molar-refractivity contribution in [3.8, 4) is 17.0 Å². The van der Waals surface area contributed by atoms with Crippen molar-refractivity contribution < 1.29 is 4.74 Å². The second-order valence-electron chi connectivity index (χ2n) is 5.96. The number of imidazole rings is 1. The number of hydrogen-bond donors (Lipinski definition) is 1. The first-order chi connectivity index (χ1) is 11.5. The third-order valence-corrected chi connectivity index (χ3v) is 5.00. The minimum Gasteiger partial charge on any atom is -0.489 e. The van der Waals surface area contributed by atoms with Gasteiger partial charge in [-0.15, -0.1) is 11.3 Å². The van der Waals surface area contributed by atoms with Gasteiger partial charge in [-0.1, -0.05) is 13.5 Å². The van der Waals surface area contributed by atoms with Crippen LogP contribution in [0.4, 0.5) is 0 Å². The van der Waals surface area contributed by atoms with Crippen LogP contribution in [0.25, 0.3) is 16.2 Å². The van der Waals surface area contributed by atoms with E-state index in [1.807, 2.05) is 31.2 Å². The molecule has 0 saturated heterocycles. The van der Waals surface area contributed by atoms with Gasteiger partial charge in [-0.05, 0) is 50.1 Å². The first kappa shape index (κ1) is 16.7. The first-order valence-corrected chi connectivity index (χ1v) is 8.94. The number of aryl methyl sites for hydroxylation is 2. The van der Waals surface area contributed by atoms with E-state index in [0.29, 0.717) is 13.2 Å². The Balaban J connectivity index is 2.00. The van der Waals surface area contributed by atoms with Crippen LogP contribution in [0.2, 0.25) is 0 Å². The highest BCUT2D eigenvalue weighted by molar-refractivity contribution is 7.17. The Morgan fingerprint density at radius 3 is 2.58 bits per heavy atom. The Morgan fingerprint density at radius 2 is 2.00 bits per heavy atom. The molecule has 3 rings (SSSR count). The average Bonchev–Trinajstić information content (AvgIpc) is 3.07. The van der Waals surface area contributed by atoms with Gasteiger partial charge < -0.3 is 10.5 Å². The fourth-order valence-corrected chi connectivity index (χ4v) is 3.95. The lowest BCUT2D eigenvalue weighted by Gasteiger charge is -2.08. The van der Waals surface area contributed by atoms with Gasteiger partial charge >= 0.3 is 0 Å². The Kier molecular flexibility index (Phi) is 4.73. The molecule has 0 spiro atoms. The van der Waals surface area contributed by atoms with Crippen molar-refractivity contribution in [3.63, 3.8) is 0 Å². The third kappa shape index (κ3) is 2.97. The van der Waals surface area contributed by atoms with E-state index >= 15 is 0 Å². The van der Waals surface area contributed by atoms with E-state index in [-0.39, 0.29) is 0 Å². The van der Waals surface area contributed by atoms with Crippen LogP contribution in [-0.4, -0.2) is 16.0 Å². The molecule has 0 aliphatic carbocycles. The Labute approximate surface area is 146 Å². The highest BCUT2D eigenvalue weighted by Crippen LogP contribution is 2.31. The third-order valence-electron chi connectivity index (χ3n) is 4.00. The summed E-state index contributed by atoms with van der Waals surface area (Å²) in [4.78, 5) is 7.16. The number of fused-ring (bicyclic) bond motifs is 1. The maximum absolute atomic E-state index is 6.05. The van der Waals surface area contributed by atoms with Crippen molar-refractivity contribution in [1.29, 1.82) is 0 Å². The lowest BCUT2D eigenvalue weighted by molar-refractivity contribution is 0.353. The molecular weight excluding hydrogens is 318 g/mol. The number of nitrogens with zero attached hydrogens (tertiary/aromatic N) is 2. The van der Waals surface area contributed by atoms with Crippen LogP contribution < -0.4 is 10.5 Å². The molecule has 0 bridgehead atoms. The molecule has 0 radical (unpaired) electrons. The number of aromatic nitrogens is 2. The standard InChI is InChI=1S/C19H23N3OS/c1-5-16-13(4)24-19-21-18(17(10-20)22(16)19)14-6-8-15(9-7-14)23-11-12(2)3/h6-9H,2,5,10-11,20H2,1,3-4H3. The summed E-state index contributed by atoms with van der Waals surface area (Å²) in [5, 5.41) is 0. The maximum atomic E-state index is 6.05. The molecule has 2 aromatic heterocycles. The van der Waals surface area contributed by atoms with Gasteiger partial charge in [-0.25, -0.2) is 4.98 Å². The molecule has 0 fully saturated rings. The molecule has 24 heavy (non-hydrogen) atoms. The summed E-state index contributed by atoms with van der Waals surface area (Å²) >= 11 is 1.72. The number of ether oxygens (including phenoxy) is 1. The molecule has 0 aliphatic rings. The molecule has 126 valence electrons. The van der Waals surface area contributed by atoms with Crippen molar-refractivity contribution >= 4 is 16.3 Å². The van der Waals surface area contributed by atoms with Crippen molar-refractivity contribution in [2.24, 2.45) is 5.73 Å². The largest absolute Gasteiger partial charge is 0.489 e. The molecule has 0 saturated carbocycles. The monoisotopic (exact) mass is 341 g/mol. The quantitative estimate of drug-likeness (QED) is 0.678. The highest BCUT2D eigenvalue weighted by atomic mass is 32.1. The van der Waals surface area contributed by atoms with E-state index in [0.717, 1.165) is 39.7 Å². The molecule has 0 atom stereocenters. The predicted octanol–water partition coefficient (Wildman–Crippen LogP) is 4.35. The Bertz CT molecular complexity index is 874. The van der Waals surface area contributed by atoms with E-state index in [9.17, 15) is 0 Å². The summed E-state index contributed by atoms with van der Waals surface area (Å²) in [6, 6.07) is 8.02. The minimum absolute atomic E-state index is 0.466. The van der Waals surface area contributed by atoms with Crippen LogP contribution in [0.1, 0.15) is 30.1 Å². The van der Waals surface area contributed by atoms with Gasteiger partial charge in [0.25, 0.3) is 0 Å². The summed E-state index contributed by atoms with van der Waals surface area (Å²) in [7, 11) is 0. The van der Waals surface area contributed by atoms with E-state index in [1.165, 1.54) is 10.6 Å². The van der Waals surface area contributed by atoms with Gasteiger partial charge in [-0.2, -0.15) is 0 Å². The number of benzene rings is 1. The first-order valence-electron chi connectivity index (χ1n) is 8.12. The van der Waals surface area contributed by atoms with Crippen LogP contribution in [0.15, 0.2) is 36.4 Å². The van der Waals surface area contributed by atoms with E-state index in [2.05, 4.69) is 24.8 Å². The van der Waals surface area contributed by atoms with Crippen LogP contribution >= 0.6 is 11.3 Å². The van der Waals surface area contributed by atoms with Gasteiger partial charge in [0, 0.05) is 22.7 Å². The zero-order valence-electron chi connectivity index (χ0n) is 14.4. The summed E-state index contributed by atoms with van der Waals surface area (Å²) in [6.07, 6.45) is 0.975. The van der Waals surface area contributed by atoms with Crippen LogP contribution in [0.5, 0.6) is 5.75 Å². The zero-order chi connectivity index (χ0) is 17.3. The normalized spacial score (nSPS) is 11.2. The molecular formula is C19H23N3OS. The maximum Gasteiger partial charge on any atom is 0.194 e. The molecule has 3 aromatic rings. The summed E-state index contributed by atoms with van der Waals surface area (Å²) in [6.45, 7) is 11.1. The van der Waals surface area contributed by atoms with Gasteiger partial charge in [0.1, 0.15) is 12.4 Å². The summed E-state index contributed by atoms with van der Waals surface area (Å²) in [5.74, 6) is 0.835. The number of nitrogens with two attached hydrogens (primary N) is 1. The van der Waals surface area contributed by atoms with Crippen LogP contribution in [0.3, 0.4) is 0 Å². The van der Waals surface area contributed by atoms with Gasteiger partial charge in [0.05, 0.1) is 11.4 Å². The highest BCUT2D eigenvalue weighted by Gasteiger charge is 2.18. The minimum atomic E-state index is 0.466. The lowest BCUT2D eigenvalue weighted by atomic mass is 10.1. The summed E-state index contributed by atoms with van der Waals surface area (Å²) in [5.41, 5.74) is 11.5. The molecule has 4 nitrogen and oxygen atoms in total. The van der Waals surface area contributed by atoms with Crippen molar-refractivity contribution in [1.82, 2.24) is 9.38 Å². The van der Waals surface area contributed by atoms with Crippen molar-refractivity contribution in [2.75, 3.05) is 6.61 Å². The molecule has 0 amide bonds. The van der Waals surface area contributed by atoms with E-state index < -0.39 is 0 Å². The predicted molar refractivity (Wildman–Crippen MR) is 101 cm³/mol. The zero-order valence-corrected chi connectivity index (χ0v) is 15.2. The Hall–Kier alpha value is -2.11. The molecule has 5 heteroatoms. The van der Waals surface area contributed by atoms with E-state index in [4.69, 9.17) is 15.5 Å². The van der Waals surface area contributed by atoms with Crippen LogP contribution in [0, 0.1) is 6.92 Å². The number of rotatable bonds is 6. The summed E-state index contributed by atoms with van der Waals surface area (Å²) < 4.78 is 7.89. The Morgan fingerprint density at radius 1 is 1.29 bits per heavy atom. The molecule has 1 aromatic carbocycles. The van der Waals surface area contributed by atoms with Gasteiger partial charge in [0.2, 0.25) is 0 Å².